The van der Waals surface area contributed by atoms with E-state index in [1.165, 1.54) is 23.5 Å². The van der Waals surface area contributed by atoms with E-state index in [-0.39, 0.29) is 21.6 Å². The van der Waals surface area contributed by atoms with Crippen molar-refractivity contribution in [3.63, 3.8) is 0 Å². The van der Waals surface area contributed by atoms with Crippen molar-refractivity contribution in [2.75, 3.05) is 20.2 Å². The molecule has 1 N–H and O–H groups in total. The molecule has 0 aliphatic carbocycles. The fourth-order valence-electron chi connectivity index (χ4n) is 2.42. The van der Waals surface area contributed by atoms with Gasteiger partial charge in [-0.15, -0.1) is 0 Å². The molecule has 0 amide bonds. The smallest absolute Gasteiger partial charge is 0.335 e. The summed E-state index contributed by atoms with van der Waals surface area (Å²) in [7, 11) is -2.40. The molecule has 1 fully saturated rings. The van der Waals surface area contributed by atoms with Gasteiger partial charge in [0.15, 0.2) is 0 Å². The number of nitrogens with zero attached hydrogens (tertiary/aromatic N) is 1. The quantitative estimate of drug-likeness (QED) is 0.916. The number of hydrogen-bond donors (Lipinski definition) is 1. The van der Waals surface area contributed by atoms with Gasteiger partial charge in [-0.2, -0.15) is 4.31 Å². The summed E-state index contributed by atoms with van der Waals surface area (Å²) >= 11 is 0. The predicted octanol–water partition coefficient (Wildman–Crippen LogP) is 1.81. The Bertz CT molecular complexity index is 666. The first-order valence-corrected chi connectivity index (χ1v) is 8.03. The molecule has 0 bridgehead atoms. The normalized spacial score (nSPS) is 18.6. The van der Waals surface area contributed by atoms with Crippen LogP contribution in [0, 0.1) is 5.41 Å². The van der Waals surface area contributed by atoms with Crippen LogP contribution in [0.5, 0.6) is 5.75 Å². The van der Waals surface area contributed by atoms with Crippen LogP contribution in [0.25, 0.3) is 0 Å². The lowest BCUT2D eigenvalue weighted by Gasteiger charge is -2.21. The van der Waals surface area contributed by atoms with Gasteiger partial charge in [-0.3, -0.25) is 0 Å². The molecule has 0 saturated carbocycles. The Kier molecular flexibility index (Phi) is 3.99. The minimum atomic E-state index is -3.76. The highest BCUT2D eigenvalue weighted by Gasteiger charge is 2.38. The van der Waals surface area contributed by atoms with Gasteiger partial charge in [-0.05, 0) is 30.0 Å². The lowest BCUT2D eigenvalue weighted by Crippen LogP contribution is -2.30. The first kappa shape index (κ1) is 15.8. The van der Waals surface area contributed by atoms with Gasteiger partial charge in [0.25, 0.3) is 0 Å². The number of rotatable bonds is 4. The van der Waals surface area contributed by atoms with Crippen LogP contribution >= 0.6 is 0 Å². The molecule has 0 radical (unpaired) electrons. The van der Waals surface area contributed by atoms with Gasteiger partial charge in [0, 0.05) is 13.1 Å². The van der Waals surface area contributed by atoms with E-state index in [1.54, 1.807) is 0 Å². The molecule has 1 heterocycles. The molecule has 0 spiro atoms. The van der Waals surface area contributed by atoms with Gasteiger partial charge < -0.3 is 9.84 Å². The number of ether oxygens (including phenoxy) is 1. The number of hydrogen-bond acceptors (Lipinski definition) is 4. The van der Waals surface area contributed by atoms with Gasteiger partial charge in [-0.25, -0.2) is 13.2 Å². The number of benzene rings is 1. The van der Waals surface area contributed by atoms with E-state index < -0.39 is 16.0 Å². The maximum absolute atomic E-state index is 12.7. The molecule has 1 aromatic rings. The zero-order valence-electron chi connectivity index (χ0n) is 12.3. The lowest BCUT2D eigenvalue weighted by atomic mass is 9.93. The summed E-state index contributed by atoms with van der Waals surface area (Å²) in [5, 5.41) is 9.04. The molecular weight excluding hydrogens is 294 g/mol. The molecule has 0 atom stereocenters. The van der Waals surface area contributed by atoms with Crippen molar-refractivity contribution in [1.82, 2.24) is 4.31 Å². The van der Waals surface area contributed by atoms with Crippen molar-refractivity contribution in [2.45, 2.75) is 25.2 Å². The second-order valence-electron chi connectivity index (χ2n) is 5.92. The third kappa shape index (κ3) is 3.03. The highest BCUT2D eigenvalue weighted by atomic mass is 32.2. The fraction of sp³-hybridized carbons (Fsp3) is 0.500. The Balaban J connectivity index is 2.48. The summed E-state index contributed by atoms with van der Waals surface area (Å²) in [4.78, 5) is 11.0. The first-order chi connectivity index (χ1) is 9.67. The summed E-state index contributed by atoms with van der Waals surface area (Å²) in [6.07, 6.45) is 0.771. The van der Waals surface area contributed by atoms with E-state index in [2.05, 4.69) is 0 Å². The maximum atomic E-state index is 12.7. The van der Waals surface area contributed by atoms with Gasteiger partial charge >= 0.3 is 5.97 Å². The third-order valence-electron chi connectivity index (χ3n) is 3.67. The van der Waals surface area contributed by atoms with Gasteiger partial charge in [0.05, 0.1) is 12.7 Å². The van der Waals surface area contributed by atoms with Crippen LogP contribution in [-0.4, -0.2) is 44.0 Å². The van der Waals surface area contributed by atoms with E-state index in [9.17, 15) is 13.2 Å². The number of aromatic carboxylic acids is 1. The summed E-state index contributed by atoms with van der Waals surface area (Å²) < 4.78 is 31.9. The fourth-order valence-corrected chi connectivity index (χ4v) is 4.23. The molecule has 0 aromatic heterocycles. The Morgan fingerprint density at radius 3 is 2.52 bits per heavy atom. The second-order valence-corrected chi connectivity index (χ2v) is 7.83. The average molecular weight is 313 g/mol. The second kappa shape index (κ2) is 5.31. The number of sulfonamides is 1. The zero-order chi connectivity index (χ0) is 15.8. The number of methoxy groups -OCH3 is 1. The van der Waals surface area contributed by atoms with Crippen LogP contribution in [0.1, 0.15) is 30.6 Å². The number of carboxylic acids is 1. The molecular formula is C14H19NO5S. The summed E-state index contributed by atoms with van der Waals surface area (Å²) in [6.45, 7) is 4.85. The van der Waals surface area contributed by atoms with Crippen LogP contribution in [-0.2, 0) is 10.0 Å². The highest BCUT2D eigenvalue weighted by Crippen LogP contribution is 2.35. The van der Waals surface area contributed by atoms with Crippen LogP contribution in [0.3, 0.4) is 0 Å². The molecule has 0 unspecified atom stereocenters. The molecule has 21 heavy (non-hydrogen) atoms. The van der Waals surface area contributed by atoms with Crippen molar-refractivity contribution in [2.24, 2.45) is 5.41 Å². The molecule has 116 valence electrons. The number of carboxylic acid groups (broad SMARTS) is 1. The monoisotopic (exact) mass is 313 g/mol. The molecule has 2 rings (SSSR count). The molecule has 7 heteroatoms. The third-order valence-corrected chi connectivity index (χ3v) is 5.54. The SMILES string of the molecule is COc1ccc(C(=O)O)cc1S(=O)(=O)N1CCC(C)(C)C1. The molecule has 1 aliphatic heterocycles. The van der Waals surface area contributed by atoms with Crippen molar-refractivity contribution >= 4 is 16.0 Å². The topological polar surface area (TPSA) is 83.9 Å². The van der Waals surface area contributed by atoms with E-state index in [0.717, 1.165) is 12.5 Å². The zero-order valence-corrected chi connectivity index (χ0v) is 13.1. The summed E-state index contributed by atoms with van der Waals surface area (Å²) in [5.74, 6) is -1.01. The van der Waals surface area contributed by atoms with Crippen molar-refractivity contribution in [3.8, 4) is 5.75 Å². The number of carbonyl (C=O) groups is 1. The van der Waals surface area contributed by atoms with E-state index in [1.807, 2.05) is 13.8 Å². The van der Waals surface area contributed by atoms with Crippen LogP contribution in [0.2, 0.25) is 0 Å². The van der Waals surface area contributed by atoms with E-state index in [0.29, 0.717) is 13.1 Å². The lowest BCUT2D eigenvalue weighted by molar-refractivity contribution is 0.0696. The Labute approximate surface area is 124 Å². The standard InChI is InChI=1S/C14H19NO5S/c1-14(2)6-7-15(9-14)21(18,19)12-8-10(13(16)17)4-5-11(12)20-3/h4-5,8H,6-7,9H2,1-3H3,(H,16,17). The van der Waals surface area contributed by atoms with Crippen molar-refractivity contribution in [1.29, 1.82) is 0 Å². The molecule has 1 aliphatic rings. The average Bonchev–Trinajstić information content (AvgIpc) is 2.79. The Hall–Kier alpha value is -1.60. The molecule has 1 aromatic carbocycles. The highest BCUT2D eigenvalue weighted by molar-refractivity contribution is 7.89. The molecule has 6 nitrogen and oxygen atoms in total. The first-order valence-electron chi connectivity index (χ1n) is 6.59. The minimum Gasteiger partial charge on any atom is -0.495 e. The van der Waals surface area contributed by atoms with Crippen LogP contribution in [0.4, 0.5) is 0 Å². The van der Waals surface area contributed by atoms with E-state index >= 15 is 0 Å². The van der Waals surface area contributed by atoms with Gasteiger partial charge in [0.2, 0.25) is 10.0 Å². The summed E-state index contributed by atoms with van der Waals surface area (Å²) in [5.41, 5.74) is -0.155. The van der Waals surface area contributed by atoms with Gasteiger partial charge in [-0.1, -0.05) is 13.8 Å². The Morgan fingerprint density at radius 1 is 1.38 bits per heavy atom. The molecule has 1 saturated heterocycles. The van der Waals surface area contributed by atoms with Crippen LogP contribution in [0.15, 0.2) is 23.1 Å². The van der Waals surface area contributed by atoms with Gasteiger partial charge in [0.1, 0.15) is 10.6 Å². The predicted molar refractivity (Wildman–Crippen MR) is 77.1 cm³/mol. The van der Waals surface area contributed by atoms with Crippen molar-refractivity contribution < 1.29 is 23.1 Å². The van der Waals surface area contributed by atoms with E-state index in [4.69, 9.17) is 9.84 Å². The van der Waals surface area contributed by atoms with Crippen molar-refractivity contribution in [3.05, 3.63) is 23.8 Å². The minimum absolute atomic E-state index is 0.0761. The maximum Gasteiger partial charge on any atom is 0.335 e. The largest absolute Gasteiger partial charge is 0.495 e. The summed E-state index contributed by atoms with van der Waals surface area (Å²) in [6, 6.07) is 3.85. The van der Waals surface area contributed by atoms with Crippen LogP contribution < -0.4 is 4.74 Å². The Morgan fingerprint density at radius 2 is 2.05 bits per heavy atom.